The second kappa shape index (κ2) is 9.38. The number of hydrogen-bond donors (Lipinski definition) is 1. The molecule has 1 amide bonds. The van der Waals surface area contributed by atoms with Crippen molar-refractivity contribution in [3.05, 3.63) is 40.7 Å². The van der Waals surface area contributed by atoms with Crippen molar-refractivity contribution >= 4 is 17.5 Å². The Hall–Kier alpha value is -1.85. The zero-order valence-electron chi connectivity index (χ0n) is 16.1. The Morgan fingerprint density at radius 2 is 2.15 bits per heavy atom. The average Bonchev–Trinajstić information content (AvgIpc) is 3.03. The Morgan fingerprint density at radius 3 is 2.89 bits per heavy atom. The van der Waals surface area contributed by atoms with E-state index in [0.29, 0.717) is 17.5 Å². The van der Waals surface area contributed by atoms with E-state index in [-0.39, 0.29) is 11.8 Å². The van der Waals surface area contributed by atoms with Gasteiger partial charge in [-0.3, -0.25) is 9.69 Å². The molecule has 0 aliphatic carbocycles. The van der Waals surface area contributed by atoms with Gasteiger partial charge in [-0.25, -0.2) is 4.98 Å². The van der Waals surface area contributed by atoms with Crippen molar-refractivity contribution in [2.45, 2.75) is 46.1 Å². The van der Waals surface area contributed by atoms with Crippen molar-refractivity contribution in [1.29, 1.82) is 0 Å². The van der Waals surface area contributed by atoms with E-state index in [1.807, 2.05) is 31.2 Å². The second-order valence-electron chi connectivity index (χ2n) is 7.25. The molecular formula is C21H28ClN3O2. The summed E-state index contributed by atoms with van der Waals surface area (Å²) in [7, 11) is 0. The van der Waals surface area contributed by atoms with Crippen LogP contribution in [0, 0.1) is 12.8 Å². The lowest BCUT2D eigenvalue weighted by Crippen LogP contribution is -2.43. The molecular weight excluding hydrogens is 362 g/mol. The maximum absolute atomic E-state index is 12.4. The van der Waals surface area contributed by atoms with Gasteiger partial charge in [0.05, 0.1) is 11.6 Å². The predicted octanol–water partition coefficient (Wildman–Crippen LogP) is 4.43. The van der Waals surface area contributed by atoms with E-state index in [2.05, 4.69) is 22.1 Å². The lowest BCUT2D eigenvalue weighted by Gasteiger charge is -2.31. The van der Waals surface area contributed by atoms with Gasteiger partial charge in [0.25, 0.3) is 0 Å². The molecule has 2 aromatic rings. The van der Waals surface area contributed by atoms with Crippen LogP contribution in [-0.4, -0.2) is 35.4 Å². The first kappa shape index (κ1) is 19.9. The number of aryl methyl sites for hydroxylation is 1. The van der Waals surface area contributed by atoms with E-state index in [0.717, 1.165) is 62.3 Å². The van der Waals surface area contributed by atoms with Crippen LogP contribution in [-0.2, 0) is 11.3 Å². The number of halogens is 1. The number of carbonyl (C=O) groups is 1. The number of piperidine rings is 1. The number of nitrogens with one attached hydrogen (secondary N) is 1. The van der Waals surface area contributed by atoms with Crippen molar-refractivity contribution in [2.24, 2.45) is 5.92 Å². The van der Waals surface area contributed by atoms with Gasteiger partial charge in [-0.15, -0.1) is 0 Å². The molecule has 1 aliphatic heterocycles. The van der Waals surface area contributed by atoms with Gasteiger partial charge in [-0.2, -0.15) is 0 Å². The third-order valence-corrected chi connectivity index (χ3v) is 5.32. The predicted molar refractivity (Wildman–Crippen MR) is 108 cm³/mol. The van der Waals surface area contributed by atoms with Crippen molar-refractivity contribution in [1.82, 2.24) is 15.2 Å². The van der Waals surface area contributed by atoms with Crippen LogP contribution >= 0.6 is 11.6 Å². The fraction of sp³-hybridized carbons (Fsp3) is 0.524. The van der Waals surface area contributed by atoms with E-state index in [1.54, 1.807) is 0 Å². The molecule has 2 heterocycles. The van der Waals surface area contributed by atoms with Gasteiger partial charge < -0.3 is 9.73 Å². The lowest BCUT2D eigenvalue weighted by atomic mass is 9.97. The standard InChI is InChI=1S/C21H28ClN3O2/c1-3-4-11-23-20(26)17-6-5-12-25(13-17)14-19-15(2)27-21(24-19)16-7-9-18(22)10-8-16/h7-10,17H,3-6,11-14H2,1-2H3,(H,23,26). The first-order valence-corrected chi connectivity index (χ1v) is 10.2. The minimum absolute atomic E-state index is 0.0681. The molecule has 1 N–H and O–H groups in total. The Bertz CT molecular complexity index is 757. The molecule has 1 fully saturated rings. The molecule has 3 rings (SSSR count). The summed E-state index contributed by atoms with van der Waals surface area (Å²) in [6.07, 6.45) is 4.13. The normalized spacial score (nSPS) is 17.8. The molecule has 27 heavy (non-hydrogen) atoms. The van der Waals surface area contributed by atoms with Gasteiger partial charge in [0.15, 0.2) is 0 Å². The Balaban J connectivity index is 1.61. The van der Waals surface area contributed by atoms with Gasteiger partial charge >= 0.3 is 0 Å². The summed E-state index contributed by atoms with van der Waals surface area (Å²) in [5.41, 5.74) is 1.85. The minimum Gasteiger partial charge on any atom is -0.441 e. The van der Waals surface area contributed by atoms with Crippen LogP contribution in [0.5, 0.6) is 0 Å². The third kappa shape index (κ3) is 5.33. The summed E-state index contributed by atoms with van der Waals surface area (Å²) in [6.45, 7) is 7.33. The molecule has 0 spiro atoms. The van der Waals surface area contributed by atoms with Crippen LogP contribution < -0.4 is 5.32 Å². The molecule has 1 unspecified atom stereocenters. The Kier molecular flexibility index (Phi) is 6.91. The summed E-state index contributed by atoms with van der Waals surface area (Å²) < 4.78 is 5.86. The highest BCUT2D eigenvalue weighted by atomic mass is 35.5. The highest BCUT2D eigenvalue weighted by molar-refractivity contribution is 6.30. The zero-order chi connectivity index (χ0) is 19.2. The molecule has 146 valence electrons. The average molecular weight is 390 g/mol. The fourth-order valence-corrected chi connectivity index (χ4v) is 3.57. The van der Waals surface area contributed by atoms with E-state index < -0.39 is 0 Å². The molecule has 1 aliphatic rings. The molecule has 1 aromatic heterocycles. The fourth-order valence-electron chi connectivity index (χ4n) is 3.45. The van der Waals surface area contributed by atoms with E-state index in [9.17, 15) is 4.79 Å². The quantitative estimate of drug-likeness (QED) is 0.711. The molecule has 0 saturated carbocycles. The number of nitrogens with zero attached hydrogens (tertiary/aromatic N) is 2. The van der Waals surface area contributed by atoms with Crippen LogP contribution in [0.1, 0.15) is 44.1 Å². The SMILES string of the molecule is CCCCNC(=O)C1CCCN(Cc2nc(-c3ccc(Cl)cc3)oc2C)C1. The van der Waals surface area contributed by atoms with Gasteiger partial charge in [0.1, 0.15) is 5.76 Å². The number of benzene rings is 1. The number of rotatable bonds is 7. The van der Waals surface area contributed by atoms with E-state index in [1.165, 1.54) is 0 Å². The highest BCUT2D eigenvalue weighted by Gasteiger charge is 2.26. The monoisotopic (exact) mass is 389 g/mol. The van der Waals surface area contributed by atoms with Gasteiger partial charge in [-0.05, 0) is 57.0 Å². The summed E-state index contributed by atoms with van der Waals surface area (Å²) in [6, 6.07) is 7.49. The molecule has 6 heteroatoms. The number of amides is 1. The Labute approximate surface area is 166 Å². The van der Waals surface area contributed by atoms with Crippen molar-refractivity contribution in [3.8, 4) is 11.5 Å². The molecule has 5 nitrogen and oxygen atoms in total. The summed E-state index contributed by atoms with van der Waals surface area (Å²) in [5.74, 6) is 1.70. The number of likely N-dealkylation sites (tertiary alicyclic amines) is 1. The van der Waals surface area contributed by atoms with E-state index >= 15 is 0 Å². The molecule has 1 saturated heterocycles. The van der Waals surface area contributed by atoms with Crippen LogP contribution in [0.25, 0.3) is 11.5 Å². The smallest absolute Gasteiger partial charge is 0.226 e. The number of oxazole rings is 1. The van der Waals surface area contributed by atoms with Gasteiger partial charge in [0.2, 0.25) is 11.8 Å². The van der Waals surface area contributed by atoms with Gasteiger partial charge in [-0.1, -0.05) is 24.9 Å². The lowest BCUT2D eigenvalue weighted by molar-refractivity contribution is -0.126. The van der Waals surface area contributed by atoms with Crippen molar-refractivity contribution in [2.75, 3.05) is 19.6 Å². The van der Waals surface area contributed by atoms with Crippen LogP contribution in [0.3, 0.4) is 0 Å². The molecule has 0 radical (unpaired) electrons. The maximum Gasteiger partial charge on any atom is 0.226 e. The van der Waals surface area contributed by atoms with Gasteiger partial charge in [0, 0.05) is 30.2 Å². The largest absolute Gasteiger partial charge is 0.441 e. The van der Waals surface area contributed by atoms with Crippen molar-refractivity contribution < 1.29 is 9.21 Å². The topological polar surface area (TPSA) is 58.4 Å². The van der Waals surface area contributed by atoms with Crippen LogP contribution in [0.4, 0.5) is 0 Å². The number of hydrogen-bond acceptors (Lipinski definition) is 4. The minimum atomic E-state index is 0.0681. The highest BCUT2D eigenvalue weighted by Crippen LogP contribution is 2.25. The molecule has 0 bridgehead atoms. The number of unbranched alkanes of at least 4 members (excludes halogenated alkanes) is 1. The van der Waals surface area contributed by atoms with Crippen LogP contribution in [0.2, 0.25) is 5.02 Å². The third-order valence-electron chi connectivity index (χ3n) is 5.06. The van der Waals surface area contributed by atoms with Crippen LogP contribution in [0.15, 0.2) is 28.7 Å². The zero-order valence-corrected chi connectivity index (χ0v) is 16.9. The molecule has 1 aromatic carbocycles. The Morgan fingerprint density at radius 1 is 1.37 bits per heavy atom. The first-order valence-electron chi connectivity index (χ1n) is 9.79. The maximum atomic E-state index is 12.4. The summed E-state index contributed by atoms with van der Waals surface area (Å²) in [4.78, 5) is 19.4. The molecule has 1 atom stereocenters. The van der Waals surface area contributed by atoms with E-state index in [4.69, 9.17) is 16.0 Å². The summed E-state index contributed by atoms with van der Waals surface area (Å²) >= 11 is 5.95. The first-order chi connectivity index (χ1) is 13.1. The second-order valence-corrected chi connectivity index (χ2v) is 7.68. The summed E-state index contributed by atoms with van der Waals surface area (Å²) in [5, 5.41) is 3.76. The van der Waals surface area contributed by atoms with Crippen molar-refractivity contribution in [3.63, 3.8) is 0 Å². The number of carbonyl (C=O) groups excluding carboxylic acids is 1. The number of aromatic nitrogens is 1.